The van der Waals surface area contributed by atoms with Gasteiger partial charge < -0.3 is 10.1 Å². The molecule has 1 amide bonds. The van der Waals surface area contributed by atoms with Crippen molar-refractivity contribution in [1.29, 1.82) is 0 Å². The van der Waals surface area contributed by atoms with E-state index in [0.29, 0.717) is 25.2 Å². The van der Waals surface area contributed by atoms with E-state index < -0.39 is 12.4 Å². The van der Waals surface area contributed by atoms with E-state index in [0.717, 1.165) is 25.8 Å². The van der Waals surface area contributed by atoms with Gasteiger partial charge in [-0.25, -0.2) is 9.97 Å². The molecule has 2 aromatic carbocycles. The molecular formula is C26H23F3N4O2S2. The van der Waals surface area contributed by atoms with Gasteiger partial charge in [0.05, 0.1) is 26.3 Å². The summed E-state index contributed by atoms with van der Waals surface area (Å²) in [6.07, 6.45) is -2.39. The summed E-state index contributed by atoms with van der Waals surface area (Å²) in [5.74, 6) is -0.407. The highest BCUT2D eigenvalue weighted by molar-refractivity contribution is 7.99. The van der Waals surface area contributed by atoms with E-state index >= 15 is 0 Å². The number of likely N-dealkylation sites (tertiary alicyclic amines) is 1. The quantitative estimate of drug-likeness (QED) is 0.296. The van der Waals surface area contributed by atoms with E-state index in [1.165, 1.54) is 12.1 Å². The smallest absolute Gasteiger partial charge is 0.406 e. The van der Waals surface area contributed by atoms with Crippen LogP contribution < -0.4 is 10.1 Å². The van der Waals surface area contributed by atoms with Crippen LogP contribution in [-0.2, 0) is 11.3 Å². The van der Waals surface area contributed by atoms with Crippen molar-refractivity contribution in [3.63, 3.8) is 0 Å². The fourth-order valence-electron chi connectivity index (χ4n) is 4.36. The minimum absolute atomic E-state index is 0.127. The lowest BCUT2D eigenvalue weighted by Gasteiger charge is -2.23. The lowest BCUT2D eigenvalue weighted by molar-refractivity contribution is -0.274. The van der Waals surface area contributed by atoms with Crippen LogP contribution in [0.15, 0.2) is 71.9 Å². The van der Waals surface area contributed by atoms with Gasteiger partial charge in [-0.05, 0) is 61.4 Å². The number of rotatable bonds is 7. The van der Waals surface area contributed by atoms with Gasteiger partial charge in [0.1, 0.15) is 5.75 Å². The summed E-state index contributed by atoms with van der Waals surface area (Å²) in [6, 6.07) is 16.8. The van der Waals surface area contributed by atoms with Crippen LogP contribution in [0.4, 0.5) is 18.9 Å². The fourth-order valence-corrected chi connectivity index (χ4v) is 6.33. The van der Waals surface area contributed by atoms with E-state index in [2.05, 4.69) is 24.9 Å². The number of aromatic nitrogens is 2. The molecule has 0 radical (unpaired) electrons. The zero-order chi connectivity index (χ0) is 26.0. The molecule has 1 aliphatic rings. The van der Waals surface area contributed by atoms with E-state index in [-0.39, 0.29) is 16.9 Å². The summed E-state index contributed by atoms with van der Waals surface area (Å²) >= 11 is 3.22. The monoisotopic (exact) mass is 544 g/mol. The summed E-state index contributed by atoms with van der Waals surface area (Å²) in [6.45, 7) is 2.99. The average Bonchev–Trinajstić information content (AvgIpc) is 3.41. The number of carbonyl (C=O) groups is 1. The first kappa shape index (κ1) is 25.5. The van der Waals surface area contributed by atoms with Gasteiger partial charge in [0.15, 0.2) is 0 Å². The van der Waals surface area contributed by atoms with Gasteiger partial charge in [-0.2, -0.15) is 0 Å². The number of pyridine rings is 1. The number of nitrogens with one attached hydrogen (secondary N) is 1. The first-order valence-electron chi connectivity index (χ1n) is 11.6. The summed E-state index contributed by atoms with van der Waals surface area (Å²) in [5, 5.41) is 5.00. The van der Waals surface area contributed by atoms with Gasteiger partial charge in [-0.3, -0.25) is 9.69 Å². The Hall–Kier alpha value is -3.15. The molecular weight excluding hydrogens is 521 g/mol. The van der Waals surface area contributed by atoms with Crippen molar-refractivity contribution >= 4 is 44.9 Å². The molecule has 0 unspecified atom stereocenters. The van der Waals surface area contributed by atoms with Crippen LogP contribution >= 0.6 is 23.1 Å². The number of thiazole rings is 1. The number of alkyl halides is 3. The Bertz CT molecular complexity index is 1380. The Morgan fingerprint density at radius 3 is 2.73 bits per heavy atom. The van der Waals surface area contributed by atoms with Gasteiger partial charge >= 0.3 is 6.36 Å². The molecule has 3 heterocycles. The second-order valence-electron chi connectivity index (χ2n) is 8.69. The highest BCUT2D eigenvalue weighted by atomic mass is 32.2. The number of aryl methyl sites for hydroxylation is 1. The second kappa shape index (κ2) is 10.7. The highest BCUT2D eigenvalue weighted by Crippen LogP contribution is 2.34. The number of hydrogen-bond acceptors (Lipinski definition) is 7. The number of hydrogen-bond donors (Lipinski definition) is 1. The molecule has 1 saturated heterocycles. The van der Waals surface area contributed by atoms with Gasteiger partial charge in [0.2, 0.25) is 5.91 Å². The van der Waals surface area contributed by atoms with E-state index in [1.807, 2.05) is 43.3 Å². The summed E-state index contributed by atoms with van der Waals surface area (Å²) in [7, 11) is 0. The van der Waals surface area contributed by atoms with Crippen LogP contribution in [0.2, 0.25) is 0 Å². The predicted octanol–water partition coefficient (Wildman–Crippen LogP) is 6.27. The largest absolute Gasteiger partial charge is 0.573 e. The Balaban J connectivity index is 1.32. The van der Waals surface area contributed by atoms with Gasteiger partial charge in [-0.1, -0.05) is 18.2 Å². The van der Waals surface area contributed by atoms with Crippen molar-refractivity contribution in [2.75, 3.05) is 11.9 Å². The molecule has 1 aliphatic heterocycles. The topological polar surface area (TPSA) is 67.4 Å². The molecule has 6 nitrogen and oxygen atoms in total. The molecule has 1 N–H and O–H groups in total. The Morgan fingerprint density at radius 1 is 1.19 bits per heavy atom. The third-order valence-electron chi connectivity index (χ3n) is 5.90. The first-order chi connectivity index (χ1) is 17.7. The van der Waals surface area contributed by atoms with Crippen LogP contribution in [0.5, 0.6) is 5.75 Å². The number of thioether (sulfide) groups is 1. The molecule has 11 heteroatoms. The number of fused-ring (bicyclic) bond motifs is 1. The normalized spacial score (nSPS) is 18.3. The predicted molar refractivity (Wildman–Crippen MR) is 139 cm³/mol. The van der Waals surface area contributed by atoms with E-state index in [1.54, 1.807) is 41.4 Å². The van der Waals surface area contributed by atoms with Crippen molar-refractivity contribution in [3.8, 4) is 5.75 Å². The number of ether oxygens (including phenoxy) is 1. The summed E-state index contributed by atoms with van der Waals surface area (Å²) in [5.41, 5.74) is 2.31. The lowest BCUT2D eigenvalue weighted by Crippen LogP contribution is -2.39. The molecule has 0 aliphatic carbocycles. The molecule has 2 aromatic heterocycles. The molecule has 0 saturated carbocycles. The van der Waals surface area contributed by atoms with Crippen molar-refractivity contribution in [2.24, 2.45) is 0 Å². The Morgan fingerprint density at radius 2 is 2.00 bits per heavy atom. The van der Waals surface area contributed by atoms with Crippen LogP contribution in [0.25, 0.3) is 10.2 Å². The first-order valence-corrected chi connectivity index (χ1v) is 13.3. The van der Waals surface area contributed by atoms with Crippen molar-refractivity contribution < 1.29 is 22.7 Å². The van der Waals surface area contributed by atoms with Gasteiger partial charge in [-0.15, -0.1) is 36.3 Å². The minimum atomic E-state index is -4.74. The summed E-state index contributed by atoms with van der Waals surface area (Å²) in [4.78, 5) is 24.4. The lowest BCUT2D eigenvalue weighted by atomic mass is 10.1. The Labute approximate surface area is 219 Å². The molecule has 37 heavy (non-hydrogen) atoms. The van der Waals surface area contributed by atoms with E-state index in [4.69, 9.17) is 0 Å². The maximum Gasteiger partial charge on any atom is 0.573 e. The summed E-state index contributed by atoms with van der Waals surface area (Å²) < 4.78 is 42.6. The van der Waals surface area contributed by atoms with Crippen molar-refractivity contribution in [2.45, 2.75) is 42.6 Å². The molecule has 4 aromatic rings. The minimum Gasteiger partial charge on any atom is -0.406 e. The number of halogens is 3. The number of amides is 1. The molecule has 192 valence electrons. The van der Waals surface area contributed by atoms with Gasteiger partial charge in [0.25, 0.3) is 0 Å². The molecule has 0 bridgehead atoms. The number of anilines is 1. The maximum atomic E-state index is 13.4. The van der Waals surface area contributed by atoms with Crippen LogP contribution in [0.1, 0.15) is 17.0 Å². The zero-order valence-electron chi connectivity index (χ0n) is 19.7. The van der Waals surface area contributed by atoms with Gasteiger partial charge in [0, 0.05) is 30.2 Å². The fraction of sp³-hybridized carbons (Fsp3) is 0.269. The number of carbonyl (C=O) groups excluding carboxylic acids is 1. The Kier molecular flexibility index (Phi) is 7.36. The van der Waals surface area contributed by atoms with Crippen molar-refractivity contribution in [3.05, 3.63) is 77.4 Å². The van der Waals surface area contributed by atoms with Crippen LogP contribution in [0.3, 0.4) is 0 Å². The molecule has 1 fully saturated rings. The molecule has 5 rings (SSSR count). The number of benzene rings is 2. The maximum absolute atomic E-state index is 13.4. The van der Waals surface area contributed by atoms with Crippen LogP contribution in [0, 0.1) is 6.92 Å². The molecule has 0 spiro atoms. The molecule has 2 atom stereocenters. The standard InChI is InChI=1S/C26H23F3N4O2S2/c1-16-31-21-12-18(7-10-23(21)36-16)32-25(34)22-13-20(37-24-4-2-3-11-30-24)15-33(22)14-17-5-8-19(9-6-17)35-26(27,28)29/h2-12,20,22H,13-15H2,1H3,(H,32,34)/t20-,22+/m1/s1. The zero-order valence-corrected chi connectivity index (χ0v) is 21.4. The average molecular weight is 545 g/mol. The highest BCUT2D eigenvalue weighted by Gasteiger charge is 2.37. The van der Waals surface area contributed by atoms with Crippen molar-refractivity contribution in [1.82, 2.24) is 14.9 Å². The number of nitrogens with zero attached hydrogens (tertiary/aromatic N) is 3. The SMILES string of the molecule is Cc1nc2cc(NC(=O)[C@@H]3C[C@@H](Sc4ccccn4)CN3Cc3ccc(OC(F)(F)F)cc3)ccc2s1. The third kappa shape index (κ3) is 6.60. The van der Waals surface area contributed by atoms with E-state index in [9.17, 15) is 18.0 Å². The third-order valence-corrected chi connectivity index (χ3v) is 8.01. The second-order valence-corrected chi connectivity index (χ2v) is 11.2. The van der Waals surface area contributed by atoms with Crippen LogP contribution in [-0.4, -0.2) is 45.0 Å².